The van der Waals surface area contributed by atoms with Crippen LogP contribution in [0.25, 0.3) is 0 Å². The second kappa shape index (κ2) is 31.7. The molecule has 0 radical (unpaired) electrons. The van der Waals surface area contributed by atoms with E-state index in [1.54, 1.807) is 13.8 Å². The number of aliphatic hydroxyl groups excluding tert-OH is 2. The summed E-state index contributed by atoms with van der Waals surface area (Å²) >= 11 is 0. The first-order valence-corrected chi connectivity index (χ1v) is 34.1. The highest BCUT2D eigenvalue weighted by atomic mass is 31.2. The Morgan fingerprint density at radius 2 is 0.881 bits per heavy atom. The number of carbonyl (C=O) groups is 4. The number of fused-ring (bicyclic) bond motifs is 2. The SMILES string of the molecule is CC(=O)OCOP(=O)(OCOC(=O)OC(C)C)OC[C@@]1(CF)O[C@@H](n2ccc(=O)[nH]c2=O)[C@](C)(O)[C@@H]1O.CC(=O)OCOP(=O)(OCOC(C)=O)OC[C@@]1(CF)O[C@@H](n2ccc(=O)[nH]c2=O)[C@]2(C)OC3(CCCC3)O[C@H]12.C[C@@]12OC3(CCCC3)O[C@@H]1[C@](CO)(CF)O[C@H]2n1ccc(=O)[nH]c1=O. The molecule has 44 heteroatoms. The van der Waals surface area contributed by atoms with Crippen LogP contribution in [0.4, 0.5) is 18.0 Å². The summed E-state index contributed by atoms with van der Waals surface area (Å²) in [5.74, 6) is -4.27. The van der Waals surface area contributed by atoms with Gasteiger partial charge >= 0.3 is 56.8 Å². The lowest BCUT2D eigenvalue weighted by Gasteiger charge is -2.34. The highest BCUT2D eigenvalue weighted by Gasteiger charge is 2.74. The van der Waals surface area contributed by atoms with Crippen molar-refractivity contribution >= 4 is 39.7 Å². The molecule has 5 aliphatic heterocycles. The van der Waals surface area contributed by atoms with E-state index in [0.29, 0.717) is 30.3 Å². The number of halogens is 3. The van der Waals surface area contributed by atoms with E-state index < -0.39 is 229 Å². The predicted molar refractivity (Wildman–Crippen MR) is 324 cm³/mol. The third-order valence-corrected chi connectivity index (χ3v) is 19.7. The maximum absolute atomic E-state index is 15.0. The van der Waals surface area contributed by atoms with E-state index in [0.717, 1.165) is 80.8 Å². The van der Waals surface area contributed by atoms with E-state index in [4.69, 9.17) is 65.0 Å². The first kappa shape index (κ1) is 80.0. The molecule has 3 aromatic heterocycles. The van der Waals surface area contributed by atoms with Crippen LogP contribution in [-0.4, -0.2) is 205 Å². The number of aromatic amines is 3. The van der Waals surface area contributed by atoms with Crippen molar-refractivity contribution in [2.75, 3.05) is 67.0 Å². The summed E-state index contributed by atoms with van der Waals surface area (Å²) in [5.41, 5.74) is -15.6. The molecule has 2 aliphatic carbocycles. The lowest BCUT2D eigenvalue weighted by atomic mass is 9.88. The Bertz CT molecular complexity index is 3900. The number of esters is 3. The number of nitrogens with one attached hydrogen (secondary N) is 3. The molecular weight excluding hydrogens is 1420 g/mol. The van der Waals surface area contributed by atoms with Crippen molar-refractivity contribution in [1.82, 2.24) is 28.7 Å². The topological polar surface area (TPSA) is 494 Å². The molecule has 1 unspecified atom stereocenters. The third-order valence-electron chi connectivity index (χ3n) is 17.1. The van der Waals surface area contributed by atoms with Gasteiger partial charge in [0, 0.05) is 83.2 Å². The summed E-state index contributed by atoms with van der Waals surface area (Å²) in [5, 5.41) is 31.4. The molecule has 2 spiro atoms. The standard InChI is InChI=1S/C22H30FN2O13P.C19H28FN2O14P.C16H21FN2O6/c1-14(26)31-12-34-39(30,35-13-32-15(2)27)33-11-21(10-23)17-20(3,38-22(36-17)7-4-5-8-22)18(37-21)25-9-6-16(28)24-19(25)29;1-11(2)35-17(27)31-10-34-37(29,33-9-30-12(3)23)32-8-19(7-20)14(25)18(4,28)15(36-19)22-6-5-13(24)21-16(22)26;1-14-11(23-16(25-14)5-2-3-6-16)15(8-17,9-20)24-12(14)19-7-4-10(21)18-13(19)22/h6,9,17-18H,4-5,7-8,10-13H2,1-3H3,(H,24,28,29);5-6,11,14-15,25,28H,7-10H2,1-4H3,(H,21,24,26);4,7,11-12,20H,2-3,5-6,8-9H2,1H3,(H,18,21,22)/t17-,18+,20+,21+;14-,15+,18+,19+,37?;11-,12+,14+,15+/m000/s1. The van der Waals surface area contributed by atoms with Gasteiger partial charge in [0.05, 0.1) is 25.9 Å². The van der Waals surface area contributed by atoms with Gasteiger partial charge in [0.15, 0.2) is 47.1 Å². The average molecular weight is 1500 g/mol. The van der Waals surface area contributed by atoms with E-state index in [9.17, 15) is 85.6 Å². The van der Waals surface area contributed by atoms with Crippen LogP contribution in [0.5, 0.6) is 0 Å². The molecule has 5 saturated heterocycles. The zero-order valence-electron chi connectivity index (χ0n) is 55.7. The van der Waals surface area contributed by atoms with Crippen LogP contribution in [-0.2, 0) is 107 Å². The number of phosphoric acid groups is 2. The first-order valence-electron chi connectivity index (χ1n) is 31.1. The normalized spacial score (nSPS) is 31.0. The number of phosphoric ester groups is 2. The summed E-state index contributed by atoms with van der Waals surface area (Å²) in [4.78, 5) is 122. The maximum Gasteiger partial charge on any atom is 0.510 e. The summed E-state index contributed by atoms with van der Waals surface area (Å²) in [6, 6.07) is 3.20. The number of aliphatic hydroxyl groups is 3. The van der Waals surface area contributed by atoms with Crippen molar-refractivity contribution in [1.29, 1.82) is 0 Å². The second-order valence-electron chi connectivity index (χ2n) is 25.0. The number of carbonyl (C=O) groups excluding carboxylic acids is 4. The number of aromatic nitrogens is 6. The molecule has 566 valence electrons. The Hall–Kier alpha value is -6.67. The molecule has 2 saturated carbocycles. The third kappa shape index (κ3) is 17.4. The zero-order chi connectivity index (χ0) is 74.4. The number of hydrogen-bond donors (Lipinski definition) is 6. The van der Waals surface area contributed by atoms with Crippen LogP contribution in [0, 0.1) is 0 Å². The maximum atomic E-state index is 15.0. The Labute approximate surface area is 569 Å². The van der Waals surface area contributed by atoms with E-state index in [1.807, 2.05) is 4.98 Å². The van der Waals surface area contributed by atoms with E-state index >= 15 is 0 Å². The van der Waals surface area contributed by atoms with Crippen LogP contribution < -0.4 is 33.7 Å². The zero-order valence-corrected chi connectivity index (χ0v) is 57.5. The van der Waals surface area contributed by atoms with Gasteiger partial charge in [-0.1, -0.05) is 0 Å². The first-order chi connectivity index (χ1) is 47.4. The van der Waals surface area contributed by atoms with Crippen LogP contribution in [0.15, 0.2) is 65.6 Å². The van der Waals surface area contributed by atoms with Crippen molar-refractivity contribution < 1.29 is 141 Å². The Balaban J connectivity index is 0.000000197. The van der Waals surface area contributed by atoms with Crippen LogP contribution >= 0.6 is 15.6 Å². The number of rotatable bonds is 26. The van der Waals surface area contributed by atoms with Gasteiger partial charge in [-0.3, -0.25) is 66.5 Å². The molecule has 3 aromatic rings. The Morgan fingerprint density at radius 3 is 1.23 bits per heavy atom. The molecule has 101 heavy (non-hydrogen) atoms. The van der Waals surface area contributed by atoms with Crippen molar-refractivity contribution in [3.05, 3.63) is 99.3 Å². The summed E-state index contributed by atoms with van der Waals surface area (Å²) in [6.07, 6.45) is -0.779. The van der Waals surface area contributed by atoms with Crippen molar-refractivity contribution in [2.24, 2.45) is 0 Å². The molecule has 7 fully saturated rings. The smallest absolute Gasteiger partial charge is 0.438 e. The number of H-pyrrole nitrogens is 3. The van der Waals surface area contributed by atoms with E-state index in [1.165, 1.54) is 32.3 Å². The highest BCUT2D eigenvalue weighted by molar-refractivity contribution is 7.48. The number of nitrogens with zero attached hydrogens (tertiary/aromatic N) is 3. The fraction of sp³-hybridized carbons (Fsp3) is 0.719. The highest BCUT2D eigenvalue weighted by Crippen LogP contribution is 2.61. The monoisotopic (exact) mass is 1490 g/mol. The average Bonchev–Trinajstić information content (AvgIpc) is 1.55. The molecule has 39 nitrogen and oxygen atoms in total. The minimum atomic E-state index is -4.82. The van der Waals surface area contributed by atoms with Crippen molar-refractivity contribution in [3.8, 4) is 0 Å². The molecule has 8 heterocycles. The fourth-order valence-electron chi connectivity index (χ4n) is 12.5. The van der Waals surface area contributed by atoms with Crippen LogP contribution in [0.3, 0.4) is 0 Å². The minimum absolute atomic E-state index is 0.505. The summed E-state index contributed by atoms with van der Waals surface area (Å²) in [6.45, 7) is 0.527. The lowest BCUT2D eigenvalue weighted by molar-refractivity contribution is -0.253. The van der Waals surface area contributed by atoms with Gasteiger partial charge in [-0.2, -0.15) is 0 Å². The largest absolute Gasteiger partial charge is 0.510 e. The molecule has 10 rings (SSSR count). The van der Waals surface area contributed by atoms with Gasteiger partial charge in [0.25, 0.3) is 16.7 Å². The number of alkyl halides is 3. The number of hydrogen-bond acceptors (Lipinski definition) is 33. The van der Waals surface area contributed by atoms with Gasteiger partial charge in [0.1, 0.15) is 55.1 Å². The molecule has 7 aliphatic rings. The quantitative estimate of drug-likeness (QED) is 0.0288. The van der Waals surface area contributed by atoms with E-state index in [2.05, 4.69) is 28.9 Å². The van der Waals surface area contributed by atoms with Crippen LogP contribution in [0.1, 0.15) is 125 Å². The summed E-state index contributed by atoms with van der Waals surface area (Å²) < 4.78 is 168. The molecule has 6 N–H and O–H groups in total. The molecule has 13 atom stereocenters. The van der Waals surface area contributed by atoms with Gasteiger partial charge in [-0.05, 0) is 60.3 Å². The Morgan fingerprint density at radius 1 is 0.545 bits per heavy atom. The van der Waals surface area contributed by atoms with Crippen molar-refractivity contribution in [2.45, 2.75) is 195 Å². The van der Waals surface area contributed by atoms with Crippen molar-refractivity contribution in [3.63, 3.8) is 0 Å². The summed E-state index contributed by atoms with van der Waals surface area (Å²) in [7, 11) is -9.47. The molecule has 0 amide bonds. The van der Waals surface area contributed by atoms with Crippen LogP contribution in [0.2, 0.25) is 0 Å². The van der Waals surface area contributed by atoms with Gasteiger partial charge in [0.2, 0.25) is 27.2 Å². The fourth-order valence-corrected chi connectivity index (χ4v) is 14.4. The minimum Gasteiger partial charge on any atom is -0.438 e. The molecular formula is C57H79F3N6O33P2. The number of ether oxygens (including phenoxy) is 12. The van der Waals surface area contributed by atoms with Gasteiger partial charge < -0.3 is 72.2 Å². The van der Waals surface area contributed by atoms with Gasteiger partial charge in [-0.15, -0.1) is 0 Å². The molecule has 0 aromatic carbocycles. The lowest BCUT2D eigenvalue weighted by Crippen LogP contribution is -2.53. The van der Waals surface area contributed by atoms with E-state index in [-0.39, 0.29) is 0 Å². The predicted octanol–water partition coefficient (Wildman–Crippen LogP) is 1.71. The Kier molecular flexibility index (Phi) is 25.1. The second-order valence-corrected chi connectivity index (χ2v) is 28.4. The molecule has 0 bridgehead atoms. The van der Waals surface area contributed by atoms with Gasteiger partial charge in [-0.25, -0.2) is 59.6 Å².